The maximum Gasteiger partial charge on any atom is 0.326 e. The Bertz CT molecular complexity index is 1180. The quantitative estimate of drug-likeness (QED) is 0.0478. The minimum Gasteiger partial charge on any atom is -0.544 e. The number of aliphatic carboxylic acids is 4. The minimum atomic E-state index is -1.37. The Balaban J connectivity index is 2.28. The Hall–Kier alpha value is -3.62. The number of nitrogens with zero attached hydrogens (tertiary/aromatic N) is 2. The highest BCUT2D eigenvalue weighted by Gasteiger charge is 2.58. The van der Waals surface area contributed by atoms with Crippen molar-refractivity contribution >= 4 is 69.1 Å². The fraction of sp³-hybridized carbons (Fsp3) is 0.714. The van der Waals surface area contributed by atoms with Gasteiger partial charge in [-0.15, -0.1) is 0 Å². The molecule has 0 unspecified atom stereocenters. The van der Waals surface area contributed by atoms with Gasteiger partial charge in [0.2, 0.25) is 23.6 Å². The molecule has 4 amide bonds. The molecule has 0 bridgehead atoms. The fourth-order valence-electron chi connectivity index (χ4n) is 5.34. The summed E-state index contributed by atoms with van der Waals surface area (Å²) in [6, 6.07) is -7.02. The maximum atomic E-state index is 13.2. The van der Waals surface area contributed by atoms with Gasteiger partial charge in [0.25, 0.3) is 0 Å². The summed E-state index contributed by atoms with van der Waals surface area (Å²) in [6.07, 6.45) is 0.0642. The monoisotopic (exact) mass is 720 g/mol. The van der Waals surface area contributed by atoms with Gasteiger partial charge in [0.1, 0.15) is 47.0 Å². The summed E-state index contributed by atoms with van der Waals surface area (Å²) in [4.78, 5) is 100. The van der Waals surface area contributed by atoms with E-state index in [2.05, 4.69) is 22.1 Å². The standard InChI is InChI=1S/C28H44N6O12S2/c1-11(2)19(27(43)44)33-21(37)17(31-15(35)9-5-7-13(29)25(39)40)23(33)47-48-24-18(22(38)34(24)20(12(3)4)28(45)46)32-16(36)10-6-8-14(30)26(41)42/h11-14,17-20,23-24H,5-10,29-30H2,1-4H3,(H,31,35)(H,32,36)(H,39,40)(H,41,42)(H,43,44)(H,45,46)/t13-,14-,17+,18+,19+,20+,23+,24+/m0/s1. The third-order valence-electron chi connectivity index (χ3n) is 7.99. The molecule has 0 aromatic carbocycles. The zero-order valence-corrected chi connectivity index (χ0v) is 28.8. The van der Waals surface area contributed by atoms with Crippen LogP contribution in [0.5, 0.6) is 0 Å². The van der Waals surface area contributed by atoms with E-state index in [0.717, 1.165) is 31.4 Å². The first-order chi connectivity index (χ1) is 22.3. The van der Waals surface area contributed by atoms with Gasteiger partial charge in [-0.2, -0.15) is 0 Å². The molecule has 2 saturated heterocycles. The normalized spacial score (nSPS) is 23.1. The molecule has 2 aliphatic rings. The maximum absolute atomic E-state index is 13.2. The first-order valence-electron chi connectivity index (χ1n) is 15.4. The number of nitrogens with one attached hydrogen (secondary N) is 2. The van der Waals surface area contributed by atoms with Gasteiger partial charge in [-0.1, -0.05) is 49.3 Å². The lowest BCUT2D eigenvalue weighted by Crippen LogP contribution is -2.74. The Morgan fingerprint density at radius 2 is 1.02 bits per heavy atom. The van der Waals surface area contributed by atoms with Gasteiger partial charge in [-0.05, 0) is 24.7 Å². The van der Waals surface area contributed by atoms with E-state index in [0.29, 0.717) is 0 Å². The summed E-state index contributed by atoms with van der Waals surface area (Å²) in [5.41, 5.74) is 6.85. The molecule has 10 N–H and O–H groups in total. The van der Waals surface area contributed by atoms with Crippen LogP contribution in [0.25, 0.3) is 0 Å². The van der Waals surface area contributed by atoms with Crippen molar-refractivity contribution in [1.29, 1.82) is 0 Å². The van der Waals surface area contributed by atoms with Crippen LogP contribution in [-0.4, -0.2) is 115 Å². The number of quaternary nitrogens is 2. The van der Waals surface area contributed by atoms with Gasteiger partial charge in [-0.3, -0.25) is 19.2 Å². The molecule has 0 spiro atoms. The molecule has 2 rings (SSSR count). The predicted molar refractivity (Wildman–Crippen MR) is 164 cm³/mol. The Morgan fingerprint density at radius 1 is 0.708 bits per heavy atom. The lowest BCUT2D eigenvalue weighted by atomic mass is 9.95. The van der Waals surface area contributed by atoms with Crippen molar-refractivity contribution in [2.24, 2.45) is 11.8 Å². The van der Waals surface area contributed by atoms with Crippen molar-refractivity contribution in [2.45, 2.75) is 113 Å². The largest absolute Gasteiger partial charge is 0.544 e. The van der Waals surface area contributed by atoms with E-state index >= 15 is 0 Å². The molecule has 0 aromatic rings. The molecule has 2 heterocycles. The predicted octanol–water partition coefficient (Wildman–Crippen LogP) is -5.05. The van der Waals surface area contributed by atoms with Crippen LogP contribution in [0.15, 0.2) is 0 Å². The van der Waals surface area contributed by atoms with Crippen LogP contribution in [0.3, 0.4) is 0 Å². The summed E-state index contributed by atoms with van der Waals surface area (Å²) in [6.45, 7) is 6.39. The van der Waals surface area contributed by atoms with Crippen molar-refractivity contribution in [3.8, 4) is 0 Å². The van der Waals surface area contributed by atoms with Crippen LogP contribution >= 0.6 is 21.6 Å². The number of hydrogen-bond acceptors (Lipinski definition) is 12. The van der Waals surface area contributed by atoms with Gasteiger partial charge in [0.05, 0.1) is 11.9 Å². The van der Waals surface area contributed by atoms with Crippen LogP contribution in [0.2, 0.25) is 0 Å². The van der Waals surface area contributed by atoms with Crippen LogP contribution in [-0.2, 0) is 38.4 Å². The van der Waals surface area contributed by atoms with Crippen LogP contribution < -0.4 is 32.3 Å². The third kappa shape index (κ3) is 9.95. The van der Waals surface area contributed by atoms with E-state index in [1.165, 1.54) is 0 Å². The lowest BCUT2D eigenvalue weighted by Gasteiger charge is -2.53. The van der Waals surface area contributed by atoms with Gasteiger partial charge >= 0.3 is 11.9 Å². The average molecular weight is 721 g/mol. The molecule has 48 heavy (non-hydrogen) atoms. The van der Waals surface area contributed by atoms with E-state index in [4.69, 9.17) is 0 Å². The first kappa shape index (κ1) is 40.6. The molecule has 0 radical (unpaired) electrons. The van der Waals surface area contributed by atoms with Crippen LogP contribution in [0, 0.1) is 11.8 Å². The molecule has 8 atom stereocenters. The smallest absolute Gasteiger partial charge is 0.326 e. The van der Waals surface area contributed by atoms with Crippen LogP contribution in [0.4, 0.5) is 0 Å². The molecular weight excluding hydrogens is 676 g/mol. The Labute approximate surface area is 284 Å². The van der Waals surface area contributed by atoms with Crippen LogP contribution in [0.1, 0.15) is 66.2 Å². The highest BCUT2D eigenvalue weighted by atomic mass is 33.1. The fourth-order valence-corrected chi connectivity index (χ4v) is 8.72. The summed E-state index contributed by atoms with van der Waals surface area (Å²) >= 11 is 0. The highest BCUT2D eigenvalue weighted by Crippen LogP contribution is 2.47. The summed E-state index contributed by atoms with van der Waals surface area (Å²) in [5.74, 6) is -8.95. The lowest BCUT2D eigenvalue weighted by molar-refractivity contribution is -0.438. The minimum absolute atomic E-state index is 0.0505. The topological polar surface area (TPSA) is 309 Å². The zero-order chi connectivity index (χ0) is 36.6. The summed E-state index contributed by atoms with van der Waals surface area (Å²) < 4.78 is 0. The molecule has 18 nitrogen and oxygen atoms in total. The number of β-lactam (4-membered cyclic amide) rings is 2. The molecular formula is C28H44N6O12S2. The molecule has 0 aliphatic carbocycles. The van der Waals surface area contributed by atoms with Crippen molar-refractivity contribution in [2.75, 3.05) is 0 Å². The number of likely N-dealkylation sites (tertiary alicyclic amines) is 2. The second-order valence-corrected chi connectivity index (χ2v) is 14.9. The molecule has 270 valence electrons. The molecule has 0 aromatic heterocycles. The van der Waals surface area contributed by atoms with Gasteiger partial charge < -0.3 is 61.9 Å². The number of carboxylic acids is 4. The third-order valence-corrected chi connectivity index (χ3v) is 11.0. The molecule has 2 aliphatic heterocycles. The Kier molecular flexibility index (Phi) is 14.9. The first-order valence-corrected chi connectivity index (χ1v) is 17.7. The number of amides is 4. The van der Waals surface area contributed by atoms with Gasteiger partial charge in [-0.25, -0.2) is 9.59 Å². The molecule has 2 fully saturated rings. The van der Waals surface area contributed by atoms with Crippen molar-refractivity contribution in [1.82, 2.24) is 20.4 Å². The number of rotatable bonds is 21. The van der Waals surface area contributed by atoms with Crippen molar-refractivity contribution < 1.29 is 70.2 Å². The summed E-state index contributed by atoms with van der Waals surface area (Å²) in [5, 5.41) is 44.8. The summed E-state index contributed by atoms with van der Waals surface area (Å²) in [7, 11) is 1.87. The van der Waals surface area contributed by atoms with Crippen molar-refractivity contribution in [3.05, 3.63) is 0 Å². The second-order valence-electron chi connectivity index (χ2n) is 12.4. The number of carboxylic acid groups (broad SMARTS) is 4. The van der Waals surface area contributed by atoms with E-state index in [-0.39, 0.29) is 38.5 Å². The molecule has 0 saturated carbocycles. The molecule has 20 heteroatoms. The van der Waals surface area contributed by atoms with Gasteiger partial charge in [0.15, 0.2) is 0 Å². The highest BCUT2D eigenvalue weighted by molar-refractivity contribution is 8.77. The van der Waals surface area contributed by atoms with E-state index in [9.17, 15) is 58.8 Å². The Morgan fingerprint density at radius 3 is 1.27 bits per heavy atom. The van der Waals surface area contributed by atoms with E-state index in [1.54, 1.807) is 27.7 Å². The zero-order valence-electron chi connectivity index (χ0n) is 27.1. The van der Waals surface area contributed by atoms with E-state index < -0.39 is 106 Å². The SMILES string of the molecule is CC(C)[C@H](C(=O)O)N1C(=O)[C@@H](NC(=O)CCC[C@H]([NH3+])C(=O)[O-])[C@H]1SS[C@@H]1[C@H](NC(=O)CCC[C@H]([NH3+])C(=O)[O-])C(=O)N1[C@@H](C(=O)O)C(C)C. The van der Waals surface area contributed by atoms with E-state index in [1.807, 2.05) is 0 Å². The number of hydrogen-bond donors (Lipinski definition) is 6. The number of carbonyl (C=O) groups is 8. The second kappa shape index (κ2) is 17.7. The van der Waals surface area contributed by atoms with Crippen molar-refractivity contribution in [3.63, 3.8) is 0 Å². The van der Waals surface area contributed by atoms with Gasteiger partial charge in [0, 0.05) is 25.7 Å². The number of carbonyl (C=O) groups excluding carboxylic acids is 6. The average Bonchev–Trinajstić information content (AvgIpc) is 2.98.